The van der Waals surface area contributed by atoms with Gasteiger partial charge in [-0.3, -0.25) is 4.90 Å². The molecule has 1 saturated heterocycles. The van der Waals surface area contributed by atoms with Crippen LogP contribution in [0.25, 0.3) is 0 Å². The van der Waals surface area contributed by atoms with Gasteiger partial charge in [0.25, 0.3) is 0 Å². The minimum atomic E-state index is -0.273. The van der Waals surface area contributed by atoms with Crippen molar-refractivity contribution in [3.8, 4) is 6.07 Å². The van der Waals surface area contributed by atoms with Crippen molar-refractivity contribution in [3.63, 3.8) is 0 Å². The highest BCUT2D eigenvalue weighted by Crippen LogP contribution is 2.27. The lowest BCUT2D eigenvalue weighted by Gasteiger charge is -2.34. The summed E-state index contributed by atoms with van der Waals surface area (Å²) in [5.74, 6) is -0.273. The number of nitrogens with one attached hydrogen (secondary N) is 1. The fraction of sp³-hybridized carbons (Fsp3) is 0.462. The van der Waals surface area contributed by atoms with Gasteiger partial charge in [0.1, 0.15) is 5.82 Å². The summed E-state index contributed by atoms with van der Waals surface area (Å²) in [7, 11) is 0. The summed E-state index contributed by atoms with van der Waals surface area (Å²) in [4.78, 5) is 2.24. The predicted molar refractivity (Wildman–Crippen MR) is 71.5 cm³/mol. The predicted octanol–water partition coefficient (Wildman–Crippen LogP) is 2.45. The standard InChI is InChI=1S/C13H15BrFN3/c14-11-2-1-10(9-12(11)15)13(3-4-16)18-7-5-17-6-8-18/h1-2,9,13,17H,3,5-8H2/t13-/m0/s1. The second-order valence-corrected chi connectivity index (χ2v) is 5.19. The van der Waals surface area contributed by atoms with Gasteiger partial charge in [0, 0.05) is 32.2 Å². The van der Waals surface area contributed by atoms with Crippen LogP contribution in [0.5, 0.6) is 0 Å². The van der Waals surface area contributed by atoms with E-state index in [1.54, 1.807) is 6.07 Å². The summed E-state index contributed by atoms with van der Waals surface area (Å²) in [6.45, 7) is 3.62. The normalized spacial score (nSPS) is 18.3. The van der Waals surface area contributed by atoms with Crippen LogP contribution in [0.2, 0.25) is 0 Å². The minimum Gasteiger partial charge on any atom is -0.314 e. The van der Waals surface area contributed by atoms with Gasteiger partial charge in [-0.2, -0.15) is 5.26 Å². The van der Waals surface area contributed by atoms with Gasteiger partial charge >= 0.3 is 0 Å². The third-order valence-electron chi connectivity index (χ3n) is 3.21. The van der Waals surface area contributed by atoms with Crippen molar-refractivity contribution in [2.24, 2.45) is 0 Å². The van der Waals surface area contributed by atoms with E-state index in [0.29, 0.717) is 10.9 Å². The molecule has 1 aromatic carbocycles. The van der Waals surface area contributed by atoms with Crippen molar-refractivity contribution in [2.75, 3.05) is 26.2 Å². The van der Waals surface area contributed by atoms with Gasteiger partial charge in [-0.05, 0) is 33.6 Å². The molecule has 1 heterocycles. The molecule has 0 spiro atoms. The van der Waals surface area contributed by atoms with E-state index in [4.69, 9.17) is 5.26 Å². The van der Waals surface area contributed by atoms with Crippen LogP contribution >= 0.6 is 15.9 Å². The number of nitrogens with zero attached hydrogens (tertiary/aromatic N) is 2. The maximum absolute atomic E-state index is 13.6. The van der Waals surface area contributed by atoms with Gasteiger partial charge in [0.2, 0.25) is 0 Å². The first-order valence-corrected chi connectivity index (χ1v) is 6.78. The van der Waals surface area contributed by atoms with Gasteiger partial charge in [-0.15, -0.1) is 0 Å². The summed E-state index contributed by atoms with van der Waals surface area (Å²) in [5.41, 5.74) is 0.874. The molecule has 0 bridgehead atoms. The lowest BCUT2D eigenvalue weighted by molar-refractivity contribution is 0.175. The Morgan fingerprint density at radius 2 is 2.17 bits per heavy atom. The fourth-order valence-electron chi connectivity index (χ4n) is 2.26. The molecule has 1 fully saturated rings. The smallest absolute Gasteiger partial charge is 0.137 e. The van der Waals surface area contributed by atoms with E-state index >= 15 is 0 Å². The summed E-state index contributed by atoms with van der Waals surface area (Å²) >= 11 is 3.15. The first-order chi connectivity index (χ1) is 8.72. The Morgan fingerprint density at radius 3 is 2.78 bits per heavy atom. The number of piperazine rings is 1. The first kappa shape index (κ1) is 13.5. The molecule has 0 unspecified atom stereocenters. The zero-order valence-electron chi connectivity index (χ0n) is 10.00. The van der Waals surface area contributed by atoms with Gasteiger partial charge in [0.15, 0.2) is 0 Å². The van der Waals surface area contributed by atoms with Crippen molar-refractivity contribution < 1.29 is 4.39 Å². The molecular weight excluding hydrogens is 297 g/mol. The summed E-state index contributed by atoms with van der Waals surface area (Å²) in [6, 6.07) is 7.30. The van der Waals surface area contributed by atoms with Crippen molar-refractivity contribution in [1.29, 1.82) is 5.26 Å². The molecule has 1 aliphatic heterocycles. The monoisotopic (exact) mass is 311 g/mol. The number of hydrogen-bond acceptors (Lipinski definition) is 3. The molecule has 0 aliphatic carbocycles. The number of benzene rings is 1. The number of rotatable bonds is 3. The Labute approximate surface area is 115 Å². The van der Waals surface area contributed by atoms with Crippen LogP contribution in [0.15, 0.2) is 22.7 Å². The molecule has 1 atom stereocenters. The maximum atomic E-state index is 13.6. The highest BCUT2D eigenvalue weighted by atomic mass is 79.9. The van der Waals surface area contributed by atoms with Crippen LogP contribution in [0.4, 0.5) is 4.39 Å². The third kappa shape index (κ3) is 3.08. The van der Waals surface area contributed by atoms with Crippen LogP contribution in [0.3, 0.4) is 0 Å². The van der Waals surface area contributed by atoms with Crippen LogP contribution in [-0.4, -0.2) is 31.1 Å². The molecule has 0 saturated carbocycles. The second kappa shape index (κ2) is 6.28. The SMILES string of the molecule is N#CC[C@@H](c1ccc(Br)c(F)c1)N1CCNCC1. The van der Waals surface area contributed by atoms with E-state index < -0.39 is 0 Å². The second-order valence-electron chi connectivity index (χ2n) is 4.34. The fourth-order valence-corrected chi connectivity index (χ4v) is 2.50. The zero-order chi connectivity index (χ0) is 13.0. The molecule has 18 heavy (non-hydrogen) atoms. The maximum Gasteiger partial charge on any atom is 0.137 e. The largest absolute Gasteiger partial charge is 0.314 e. The first-order valence-electron chi connectivity index (χ1n) is 5.99. The quantitative estimate of drug-likeness (QED) is 0.932. The van der Waals surface area contributed by atoms with Crippen molar-refractivity contribution in [3.05, 3.63) is 34.1 Å². The number of halogens is 2. The third-order valence-corrected chi connectivity index (χ3v) is 3.85. The van der Waals surface area contributed by atoms with Gasteiger partial charge in [0.05, 0.1) is 17.0 Å². The van der Waals surface area contributed by atoms with Crippen molar-refractivity contribution in [1.82, 2.24) is 10.2 Å². The van der Waals surface area contributed by atoms with Crippen LogP contribution in [0, 0.1) is 17.1 Å². The van der Waals surface area contributed by atoms with E-state index in [9.17, 15) is 4.39 Å². The summed E-state index contributed by atoms with van der Waals surface area (Å²) in [5, 5.41) is 12.2. The lowest BCUT2D eigenvalue weighted by atomic mass is 10.0. The molecule has 0 aromatic heterocycles. The molecule has 0 radical (unpaired) electrons. The van der Waals surface area contributed by atoms with Gasteiger partial charge in [-0.1, -0.05) is 6.07 Å². The highest BCUT2D eigenvalue weighted by molar-refractivity contribution is 9.10. The summed E-state index contributed by atoms with van der Waals surface area (Å²) < 4.78 is 14.0. The molecular formula is C13H15BrFN3. The molecule has 3 nitrogen and oxygen atoms in total. The van der Waals surface area contributed by atoms with Crippen LogP contribution < -0.4 is 5.32 Å². The van der Waals surface area contributed by atoms with E-state index in [-0.39, 0.29) is 11.9 Å². The average molecular weight is 312 g/mol. The molecule has 0 amide bonds. The minimum absolute atomic E-state index is 0.0142. The topological polar surface area (TPSA) is 39.1 Å². The Bertz CT molecular complexity index is 452. The van der Waals surface area contributed by atoms with Gasteiger partial charge in [-0.25, -0.2) is 4.39 Å². The van der Waals surface area contributed by atoms with Crippen LogP contribution in [0.1, 0.15) is 18.0 Å². The Kier molecular flexibility index (Phi) is 4.70. The molecule has 96 valence electrons. The molecule has 2 rings (SSSR count). The van der Waals surface area contributed by atoms with Crippen molar-refractivity contribution in [2.45, 2.75) is 12.5 Å². The summed E-state index contributed by atoms with van der Waals surface area (Å²) in [6.07, 6.45) is 0.390. The molecule has 1 N–H and O–H groups in total. The number of nitriles is 1. The molecule has 1 aromatic rings. The Hall–Kier alpha value is -0.960. The van der Waals surface area contributed by atoms with E-state index in [1.165, 1.54) is 6.07 Å². The highest BCUT2D eigenvalue weighted by Gasteiger charge is 2.22. The van der Waals surface area contributed by atoms with E-state index in [1.807, 2.05) is 6.07 Å². The number of hydrogen-bond donors (Lipinski definition) is 1. The Balaban J connectivity index is 2.22. The lowest BCUT2D eigenvalue weighted by Crippen LogP contribution is -2.45. The van der Waals surface area contributed by atoms with Gasteiger partial charge < -0.3 is 5.32 Å². The van der Waals surface area contributed by atoms with E-state index in [2.05, 4.69) is 32.2 Å². The van der Waals surface area contributed by atoms with Crippen molar-refractivity contribution >= 4 is 15.9 Å². The molecule has 5 heteroatoms. The Morgan fingerprint density at radius 1 is 1.44 bits per heavy atom. The van der Waals surface area contributed by atoms with E-state index in [0.717, 1.165) is 31.7 Å². The van der Waals surface area contributed by atoms with Crippen LogP contribution in [-0.2, 0) is 0 Å². The zero-order valence-corrected chi connectivity index (χ0v) is 11.6. The average Bonchev–Trinajstić information content (AvgIpc) is 2.40. The molecule has 1 aliphatic rings.